The van der Waals surface area contributed by atoms with Crippen LogP contribution >= 0.6 is 0 Å². The van der Waals surface area contributed by atoms with E-state index in [-0.39, 0.29) is 5.92 Å². The van der Waals surface area contributed by atoms with Gasteiger partial charge in [0.25, 0.3) is 0 Å². The minimum Gasteiger partial charge on any atom is -0.480 e. The van der Waals surface area contributed by atoms with Gasteiger partial charge in [0.2, 0.25) is 17.7 Å². The number of carbonyl (C=O) groups excluding carboxylic acids is 3. The van der Waals surface area contributed by atoms with Gasteiger partial charge in [-0.1, -0.05) is 13.8 Å². The Kier molecular flexibility index (Phi) is 8.93. The van der Waals surface area contributed by atoms with Crippen molar-refractivity contribution in [3.8, 4) is 0 Å². The van der Waals surface area contributed by atoms with E-state index in [1.165, 1.54) is 13.8 Å². The molecule has 0 aromatic rings. The molecule has 138 valence electrons. The highest BCUT2D eigenvalue weighted by Gasteiger charge is 2.27. The molecule has 0 fully saturated rings. The van der Waals surface area contributed by atoms with E-state index in [0.29, 0.717) is 0 Å². The van der Waals surface area contributed by atoms with E-state index >= 15 is 0 Å². The van der Waals surface area contributed by atoms with Crippen molar-refractivity contribution in [2.45, 2.75) is 51.9 Å². The maximum absolute atomic E-state index is 12.0. The summed E-state index contributed by atoms with van der Waals surface area (Å²) >= 11 is 0. The number of aliphatic carboxylic acids is 1. The fraction of sp³-hybridized carbons (Fsp3) is 0.714. The Morgan fingerprint density at radius 2 is 1.54 bits per heavy atom. The molecule has 10 nitrogen and oxygen atoms in total. The van der Waals surface area contributed by atoms with Crippen molar-refractivity contribution < 1.29 is 29.4 Å². The van der Waals surface area contributed by atoms with Crippen LogP contribution in [0.3, 0.4) is 0 Å². The van der Waals surface area contributed by atoms with Gasteiger partial charge in [-0.3, -0.25) is 19.2 Å². The third kappa shape index (κ3) is 7.38. The lowest BCUT2D eigenvalue weighted by Gasteiger charge is -2.23. The van der Waals surface area contributed by atoms with E-state index in [9.17, 15) is 24.3 Å². The van der Waals surface area contributed by atoms with E-state index < -0.39 is 54.5 Å². The molecular formula is C14H26N4O6. The molecule has 3 amide bonds. The predicted octanol–water partition coefficient (Wildman–Crippen LogP) is -2.46. The number of aliphatic hydroxyl groups excluding tert-OH is 1. The van der Waals surface area contributed by atoms with Crippen molar-refractivity contribution in [1.82, 2.24) is 16.0 Å². The maximum Gasteiger partial charge on any atom is 0.325 e. The first-order valence-electron chi connectivity index (χ1n) is 7.51. The second-order valence-corrected chi connectivity index (χ2v) is 5.84. The normalized spacial score (nSPS) is 15.8. The summed E-state index contributed by atoms with van der Waals surface area (Å²) in [6.45, 7) is 5.57. The number of hydrogen-bond donors (Lipinski definition) is 6. The van der Waals surface area contributed by atoms with Gasteiger partial charge in [-0.25, -0.2) is 0 Å². The zero-order chi connectivity index (χ0) is 19.0. The largest absolute Gasteiger partial charge is 0.480 e. The van der Waals surface area contributed by atoms with Crippen LogP contribution < -0.4 is 21.7 Å². The second kappa shape index (κ2) is 9.83. The monoisotopic (exact) mass is 346 g/mol. The molecular weight excluding hydrogens is 320 g/mol. The fourth-order valence-electron chi connectivity index (χ4n) is 1.63. The van der Waals surface area contributed by atoms with Gasteiger partial charge in [-0.2, -0.15) is 0 Å². The van der Waals surface area contributed by atoms with E-state index in [1.54, 1.807) is 13.8 Å². The van der Waals surface area contributed by atoms with Crippen LogP contribution in [0.2, 0.25) is 0 Å². The van der Waals surface area contributed by atoms with Crippen LogP contribution in [-0.4, -0.2) is 64.7 Å². The van der Waals surface area contributed by atoms with Crippen molar-refractivity contribution in [1.29, 1.82) is 0 Å². The molecule has 4 unspecified atom stereocenters. The molecule has 0 heterocycles. The Balaban J connectivity index is 4.62. The molecule has 0 spiro atoms. The van der Waals surface area contributed by atoms with Crippen LogP contribution in [0, 0.1) is 5.92 Å². The lowest BCUT2D eigenvalue weighted by atomic mass is 10.0. The quantitative estimate of drug-likeness (QED) is 0.269. The third-order valence-corrected chi connectivity index (χ3v) is 3.24. The molecule has 0 aromatic heterocycles. The number of amides is 3. The van der Waals surface area contributed by atoms with Crippen molar-refractivity contribution in [2.24, 2.45) is 11.7 Å². The standard InChI is InChI=1S/C14H26N4O6/c1-6(2)11(13(22)17-7(3)14(23)24)18-9(20)5-16-12(21)10(15)8(4)19/h6-8,10-11,19H,5,15H2,1-4H3,(H,16,21)(H,17,22)(H,18,20)(H,23,24). The Hall–Kier alpha value is -2.20. The molecule has 0 aromatic carbocycles. The fourth-order valence-corrected chi connectivity index (χ4v) is 1.63. The van der Waals surface area contributed by atoms with Crippen LogP contribution in [0.4, 0.5) is 0 Å². The molecule has 0 bridgehead atoms. The first-order valence-corrected chi connectivity index (χ1v) is 7.51. The third-order valence-electron chi connectivity index (χ3n) is 3.24. The average Bonchev–Trinajstić information content (AvgIpc) is 2.48. The van der Waals surface area contributed by atoms with Gasteiger partial charge in [0.15, 0.2) is 0 Å². The van der Waals surface area contributed by atoms with Crippen molar-refractivity contribution in [3.05, 3.63) is 0 Å². The number of rotatable bonds is 9. The van der Waals surface area contributed by atoms with E-state index in [1.807, 2.05) is 0 Å². The zero-order valence-corrected chi connectivity index (χ0v) is 14.2. The van der Waals surface area contributed by atoms with Gasteiger partial charge in [0.1, 0.15) is 18.1 Å². The summed E-state index contributed by atoms with van der Waals surface area (Å²) in [5.74, 6) is -3.48. The van der Waals surface area contributed by atoms with Crippen LogP contribution in [0.25, 0.3) is 0 Å². The van der Waals surface area contributed by atoms with Gasteiger partial charge in [0, 0.05) is 0 Å². The molecule has 0 rings (SSSR count). The Morgan fingerprint density at radius 3 is 1.96 bits per heavy atom. The van der Waals surface area contributed by atoms with Gasteiger partial charge < -0.3 is 31.9 Å². The Morgan fingerprint density at radius 1 is 1.00 bits per heavy atom. The summed E-state index contributed by atoms with van der Waals surface area (Å²) in [5.41, 5.74) is 5.41. The minimum absolute atomic E-state index is 0.301. The topological polar surface area (TPSA) is 171 Å². The maximum atomic E-state index is 12.0. The van der Waals surface area contributed by atoms with Gasteiger partial charge in [-0.05, 0) is 19.8 Å². The summed E-state index contributed by atoms with van der Waals surface area (Å²) in [4.78, 5) is 46.2. The first kappa shape index (κ1) is 21.8. The number of carboxylic acid groups (broad SMARTS) is 1. The van der Waals surface area contributed by atoms with Gasteiger partial charge >= 0.3 is 5.97 Å². The van der Waals surface area contributed by atoms with Gasteiger partial charge in [-0.15, -0.1) is 0 Å². The van der Waals surface area contributed by atoms with Crippen LogP contribution in [0.5, 0.6) is 0 Å². The minimum atomic E-state index is -1.20. The SMILES string of the molecule is CC(NC(=O)C(NC(=O)CNC(=O)C(N)C(C)O)C(C)C)C(=O)O. The molecule has 0 aliphatic rings. The van der Waals surface area contributed by atoms with E-state index in [4.69, 9.17) is 10.8 Å². The van der Waals surface area contributed by atoms with E-state index in [2.05, 4.69) is 16.0 Å². The van der Waals surface area contributed by atoms with Crippen LogP contribution in [0.1, 0.15) is 27.7 Å². The number of carboxylic acids is 1. The molecule has 7 N–H and O–H groups in total. The molecule has 24 heavy (non-hydrogen) atoms. The molecule has 0 saturated carbocycles. The summed E-state index contributed by atoms with van der Waals surface area (Å²) < 4.78 is 0. The number of nitrogens with one attached hydrogen (secondary N) is 3. The zero-order valence-electron chi connectivity index (χ0n) is 14.2. The smallest absolute Gasteiger partial charge is 0.325 e. The second-order valence-electron chi connectivity index (χ2n) is 5.84. The molecule has 0 aliphatic carbocycles. The van der Waals surface area contributed by atoms with Gasteiger partial charge in [0.05, 0.1) is 12.6 Å². The first-order chi connectivity index (χ1) is 11.0. The lowest BCUT2D eigenvalue weighted by molar-refractivity contribution is -0.142. The van der Waals surface area contributed by atoms with E-state index in [0.717, 1.165) is 0 Å². The number of aliphatic hydroxyl groups is 1. The number of carbonyl (C=O) groups is 4. The predicted molar refractivity (Wildman–Crippen MR) is 84.7 cm³/mol. The van der Waals surface area contributed by atoms with Crippen LogP contribution in [-0.2, 0) is 19.2 Å². The Labute approximate surface area is 140 Å². The van der Waals surface area contributed by atoms with Crippen molar-refractivity contribution >= 4 is 23.7 Å². The summed E-state index contributed by atoms with van der Waals surface area (Å²) in [5, 5.41) is 24.9. The highest BCUT2D eigenvalue weighted by molar-refractivity contribution is 5.92. The molecule has 0 aliphatic heterocycles. The summed E-state index contributed by atoms with van der Waals surface area (Å²) in [6, 6.07) is -3.22. The number of hydrogen-bond acceptors (Lipinski definition) is 6. The van der Waals surface area contributed by atoms with Crippen molar-refractivity contribution in [3.63, 3.8) is 0 Å². The molecule has 10 heteroatoms. The number of nitrogens with two attached hydrogens (primary N) is 1. The van der Waals surface area contributed by atoms with Crippen LogP contribution in [0.15, 0.2) is 0 Å². The molecule has 0 saturated heterocycles. The highest BCUT2D eigenvalue weighted by atomic mass is 16.4. The Bertz CT molecular complexity index is 480. The summed E-state index contributed by atoms with van der Waals surface area (Å²) in [6.07, 6.45) is -1.07. The highest BCUT2D eigenvalue weighted by Crippen LogP contribution is 2.02. The van der Waals surface area contributed by atoms with Crippen molar-refractivity contribution in [2.75, 3.05) is 6.54 Å². The molecule has 4 atom stereocenters. The lowest BCUT2D eigenvalue weighted by Crippen LogP contribution is -2.55. The molecule has 0 radical (unpaired) electrons. The summed E-state index contributed by atoms with van der Waals surface area (Å²) in [7, 11) is 0. The average molecular weight is 346 g/mol.